The Kier molecular flexibility index (Phi) is 5.52. The second-order valence-corrected chi connectivity index (χ2v) is 3.54. The second-order valence-electron chi connectivity index (χ2n) is 3.54. The molecule has 0 saturated heterocycles. The maximum atomic E-state index is 9.03. The fourth-order valence-corrected chi connectivity index (χ4v) is 1.03. The molecule has 2 atom stereocenters. The van der Waals surface area contributed by atoms with E-state index in [1.54, 1.807) is 0 Å². The predicted molar refractivity (Wildman–Crippen MR) is 54.1 cm³/mol. The van der Waals surface area contributed by atoms with E-state index in [0.29, 0.717) is 11.7 Å². The summed E-state index contributed by atoms with van der Waals surface area (Å²) >= 11 is 0. The second kappa shape index (κ2) is 5.87. The molecular formula is C11H20O. The fourth-order valence-electron chi connectivity index (χ4n) is 1.03. The quantitative estimate of drug-likeness (QED) is 0.473. The van der Waals surface area contributed by atoms with Crippen LogP contribution in [0.2, 0.25) is 0 Å². The lowest BCUT2D eigenvalue weighted by Gasteiger charge is -2.10. The molecule has 0 aliphatic heterocycles. The molecule has 0 heterocycles. The van der Waals surface area contributed by atoms with E-state index in [1.165, 1.54) is 0 Å². The van der Waals surface area contributed by atoms with Crippen LogP contribution in [0.3, 0.4) is 0 Å². The minimum absolute atomic E-state index is 0.238. The molecule has 0 amide bonds. The maximum Gasteiger partial charge on any atom is 0.0879 e. The number of hydrogen-bond donors (Lipinski definition) is 1. The highest BCUT2D eigenvalue weighted by atomic mass is 16.3. The lowest BCUT2D eigenvalue weighted by atomic mass is 9.98. The summed E-state index contributed by atoms with van der Waals surface area (Å²) in [7, 11) is 0. The van der Waals surface area contributed by atoms with E-state index in [4.69, 9.17) is 5.11 Å². The van der Waals surface area contributed by atoms with Crippen molar-refractivity contribution < 1.29 is 5.11 Å². The maximum absolute atomic E-state index is 9.03. The van der Waals surface area contributed by atoms with Crippen molar-refractivity contribution >= 4 is 0 Å². The Morgan fingerprint density at radius 1 is 1.42 bits per heavy atom. The van der Waals surface area contributed by atoms with Gasteiger partial charge >= 0.3 is 0 Å². The third-order valence-electron chi connectivity index (χ3n) is 2.27. The minimum atomic E-state index is 0.238. The molecule has 0 aromatic heterocycles. The van der Waals surface area contributed by atoms with Gasteiger partial charge in [0.25, 0.3) is 0 Å². The number of rotatable bonds is 6. The largest absolute Gasteiger partial charge is 0.513 e. The molecule has 0 fully saturated rings. The van der Waals surface area contributed by atoms with E-state index in [1.807, 2.05) is 13.0 Å². The highest BCUT2D eigenvalue weighted by Crippen LogP contribution is 2.16. The van der Waals surface area contributed by atoms with Gasteiger partial charge in [0.2, 0.25) is 0 Å². The average Bonchev–Trinajstić information content (AvgIpc) is 2.03. The van der Waals surface area contributed by atoms with E-state index in [2.05, 4.69) is 20.1 Å². The summed E-state index contributed by atoms with van der Waals surface area (Å²) in [5.74, 6) is 1.13. The molecule has 0 bridgehead atoms. The summed E-state index contributed by atoms with van der Waals surface area (Å²) in [5, 5.41) is 9.03. The van der Waals surface area contributed by atoms with Gasteiger partial charge in [0.05, 0.1) is 5.76 Å². The van der Waals surface area contributed by atoms with Gasteiger partial charge < -0.3 is 5.11 Å². The van der Waals surface area contributed by atoms with Crippen LogP contribution in [0.1, 0.15) is 33.1 Å². The predicted octanol–water partition coefficient (Wildman–Crippen LogP) is 3.69. The highest BCUT2D eigenvalue weighted by molar-refractivity contribution is 4.85. The van der Waals surface area contributed by atoms with Crippen molar-refractivity contribution in [3.05, 3.63) is 25.0 Å². The van der Waals surface area contributed by atoms with Crippen LogP contribution in [0.5, 0.6) is 0 Å². The molecule has 0 saturated carbocycles. The van der Waals surface area contributed by atoms with E-state index < -0.39 is 0 Å². The molecule has 0 aliphatic rings. The molecule has 1 nitrogen and oxygen atoms in total. The van der Waals surface area contributed by atoms with Crippen molar-refractivity contribution in [3.8, 4) is 0 Å². The molecule has 2 unspecified atom stereocenters. The summed E-state index contributed by atoms with van der Waals surface area (Å²) in [6, 6.07) is 0. The topological polar surface area (TPSA) is 20.2 Å². The zero-order valence-electron chi connectivity index (χ0n) is 8.21. The molecule has 0 rings (SSSR count). The van der Waals surface area contributed by atoms with Crippen molar-refractivity contribution in [3.63, 3.8) is 0 Å². The molecule has 1 heteroatoms. The van der Waals surface area contributed by atoms with Crippen molar-refractivity contribution in [2.75, 3.05) is 0 Å². The zero-order chi connectivity index (χ0) is 9.56. The Hall–Kier alpha value is -0.720. The van der Waals surface area contributed by atoms with E-state index in [0.717, 1.165) is 19.3 Å². The number of allylic oxidation sites excluding steroid dienone is 2. The summed E-state index contributed by atoms with van der Waals surface area (Å²) in [6.45, 7) is 11.4. The first kappa shape index (κ1) is 11.3. The van der Waals surface area contributed by atoms with Gasteiger partial charge in [0.1, 0.15) is 0 Å². The Balaban J connectivity index is 3.43. The molecule has 0 aromatic carbocycles. The molecule has 0 radical (unpaired) electrons. The highest BCUT2D eigenvalue weighted by Gasteiger charge is 2.05. The van der Waals surface area contributed by atoms with E-state index in [-0.39, 0.29) is 5.92 Å². The number of aliphatic hydroxyl groups is 1. The van der Waals surface area contributed by atoms with Crippen LogP contribution < -0.4 is 0 Å². The van der Waals surface area contributed by atoms with Gasteiger partial charge in [-0.3, -0.25) is 0 Å². The smallest absolute Gasteiger partial charge is 0.0879 e. The molecule has 0 aliphatic carbocycles. The first-order valence-corrected chi connectivity index (χ1v) is 4.58. The molecular weight excluding hydrogens is 148 g/mol. The first-order chi connectivity index (χ1) is 5.57. The van der Waals surface area contributed by atoms with Crippen LogP contribution in [-0.2, 0) is 0 Å². The van der Waals surface area contributed by atoms with Gasteiger partial charge in [0.15, 0.2) is 0 Å². The van der Waals surface area contributed by atoms with Crippen molar-refractivity contribution in [1.82, 2.24) is 0 Å². The van der Waals surface area contributed by atoms with E-state index >= 15 is 0 Å². The Bertz CT molecular complexity index is 149. The van der Waals surface area contributed by atoms with Crippen LogP contribution in [0, 0.1) is 11.8 Å². The first-order valence-electron chi connectivity index (χ1n) is 4.58. The summed E-state index contributed by atoms with van der Waals surface area (Å²) in [5.41, 5.74) is 0. The average molecular weight is 168 g/mol. The van der Waals surface area contributed by atoms with Gasteiger partial charge in [-0.15, -0.1) is 6.58 Å². The van der Waals surface area contributed by atoms with Crippen molar-refractivity contribution in [1.29, 1.82) is 0 Å². The molecule has 12 heavy (non-hydrogen) atoms. The summed E-state index contributed by atoms with van der Waals surface area (Å²) < 4.78 is 0. The van der Waals surface area contributed by atoms with Crippen LogP contribution >= 0.6 is 0 Å². The van der Waals surface area contributed by atoms with E-state index in [9.17, 15) is 0 Å². The Morgan fingerprint density at radius 3 is 2.42 bits per heavy atom. The summed E-state index contributed by atoms with van der Waals surface area (Å²) in [4.78, 5) is 0. The van der Waals surface area contributed by atoms with Crippen molar-refractivity contribution in [2.45, 2.75) is 33.1 Å². The monoisotopic (exact) mass is 168 g/mol. The summed E-state index contributed by atoms with van der Waals surface area (Å²) in [6.07, 6.45) is 5.28. The van der Waals surface area contributed by atoms with Crippen LogP contribution in [-0.4, -0.2) is 5.11 Å². The van der Waals surface area contributed by atoms with Crippen LogP contribution in [0.25, 0.3) is 0 Å². The third-order valence-corrected chi connectivity index (χ3v) is 2.27. The van der Waals surface area contributed by atoms with Crippen LogP contribution in [0.15, 0.2) is 25.0 Å². The minimum Gasteiger partial charge on any atom is -0.513 e. The van der Waals surface area contributed by atoms with Gasteiger partial charge in [-0.1, -0.05) is 32.9 Å². The Labute approximate surface area is 75.8 Å². The third kappa shape index (κ3) is 5.00. The van der Waals surface area contributed by atoms with Crippen LogP contribution in [0.4, 0.5) is 0 Å². The molecule has 70 valence electrons. The van der Waals surface area contributed by atoms with Gasteiger partial charge in [0, 0.05) is 5.92 Å². The lowest BCUT2D eigenvalue weighted by Crippen LogP contribution is -1.98. The number of aliphatic hydroxyl groups excluding tert-OH is 1. The van der Waals surface area contributed by atoms with Crippen molar-refractivity contribution in [2.24, 2.45) is 11.8 Å². The van der Waals surface area contributed by atoms with Gasteiger partial charge in [-0.05, 0) is 18.8 Å². The standard InChI is InChI=1S/C11H20O/c1-5-9(2)7-6-8-10(3)11(4)12/h5,9-10,12H,1,4,6-8H2,2-3H3. The number of hydrogen-bond acceptors (Lipinski definition) is 1. The fraction of sp³-hybridized carbons (Fsp3) is 0.636. The Morgan fingerprint density at radius 2 is 2.00 bits per heavy atom. The molecule has 0 aromatic rings. The van der Waals surface area contributed by atoms with Gasteiger partial charge in [-0.2, -0.15) is 0 Å². The zero-order valence-corrected chi connectivity index (χ0v) is 8.21. The molecule has 1 N–H and O–H groups in total. The SMILES string of the molecule is C=CC(C)CCCC(C)C(=C)O. The van der Waals surface area contributed by atoms with Gasteiger partial charge in [-0.25, -0.2) is 0 Å². The molecule has 0 spiro atoms. The normalized spacial score (nSPS) is 15.2. The lowest BCUT2D eigenvalue weighted by molar-refractivity contribution is 0.327.